The van der Waals surface area contributed by atoms with Crippen molar-refractivity contribution in [2.75, 3.05) is 20.0 Å². The molecule has 40 valence electrons. The van der Waals surface area contributed by atoms with Crippen molar-refractivity contribution in [2.45, 2.75) is 6.37 Å². The summed E-state index contributed by atoms with van der Waals surface area (Å²) in [4.78, 5) is 11.0. The van der Waals surface area contributed by atoms with Gasteiger partial charge < -0.3 is 0 Å². The van der Waals surface area contributed by atoms with Crippen LogP contribution >= 0.6 is 0 Å². The molecular weight excluding hydrogens is 90.1 g/mol. The van der Waals surface area contributed by atoms with Gasteiger partial charge in [0.2, 0.25) is 0 Å². The quantitative estimate of drug-likeness (QED) is 0.431. The van der Waals surface area contributed by atoms with Crippen LogP contribution in [0.2, 0.25) is 0 Å². The fourth-order valence-electron chi connectivity index (χ4n) is 0.264. The lowest BCUT2D eigenvalue weighted by Crippen LogP contribution is -2.13. The second kappa shape index (κ2) is 1.62. The maximum atomic E-state index is 11.3. The number of carbonyl (C=O) groups is 1. The fourth-order valence-corrected chi connectivity index (χ4v) is 0.264. The summed E-state index contributed by atoms with van der Waals surface area (Å²) in [5.41, 5.74) is 0. The largest absolute Gasteiger partial charge is 0.299 e. The number of likely N-dealkylation sites (tertiary alicyclic amines) is 1. The van der Waals surface area contributed by atoms with Crippen LogP contribution in [0.25, 0.3) is 0 Å². The summed E-state index contributed by atoms with van der Waals surface area (Å²) in [7, 11) is 0. The lowest BCUT2D eigenvalue weighted by Gasteiger charge is -1.99. The van der Waals surface area contributed by atoms with Crippen LogP contribution in [0.3, 0.4) is 0 Å². The smallest absolute Gasteiger partial charge is 0.148 e. The normalized spacial score (nSPS) is 66.3. The number of likely N-dealkylation sites (N-methyl/N-ethyl adjacent to an activating group) is 1. The number of ketones is 1. The summed E-state index contributed by atoms with van der Waals surface area (Å²) in [5, 5.41) is 0. The van der Waals surface area contributed by atoms with Gasteiger partial charge in [-0.2, -0.15) is 0 Å². The summed E-state index contributed by atoms with van der Waals surface area (Å²) >= 11 is 0. The molecule has 0 aromatic heterocycles. The van der Waals surface area contributed by atoms with Crippen LogP contribution in [0.15, 0.2) is 0 Å². The van der Waals surface area contributed by atoms with E-state index in [1.165, 1.54) is 0 Å². The Morgan fingerprint density at radius 2 is 3.00 bits per heavy atom. The van der Waals surface area contributed by atoms with Crippen LogP contribution in [-0.2, 0) is 4.79 Å². The molecule has 0 atom stereocenters. The zero-order valence-electron chi connectivity index (χ0n) is 12.4. The molecule has 0 amide bonds. The molecule has 1 aliphatic rings. The van der Waals surface area contributed by atoms with Crippen LogP contribution in [0, 0.1) is 0 Å². The maximum absolute atomic E-state index is 11.3. The van der Waals surface area contributed by atoms with Crippen molar-refractivity contribution in [1.29, 1.82) is 0 Å². The van der Waals surface area contributed by atoms with Gasteiger partial charge in [0.25, 0.3) is 0 Å². The summed E-state index contributed by atoms with van der Waals surface area (Å²) in [6.07, 6.45) is -3.20. The van der Waals surface area contributed by atoms with E-state index in [0.717, 1.165) is 0 Å². The highest BCUT2D eigenvalue weighted by Gasteiger charge is 2.13. The van der Waals surface area contributed by atoms with Gasteiger partial charge >= 0.3 is 0 Å². The molecule has 1 rings (SSSR count). The second-order valence-corrected chi connectivity index (χ2v) is 1.01. The van der Waals surface area contributed by atoms with Gasteiger partial charge in [0.05, 0.1) is 9.24 Å². The van der Waals surface area contributed by atoms with E-state index in [1.807, 2.05) is 0 Å². The zero-order chi connectivity index (χ0) is 13.2. The maximum Gasteiger partial charge on any atom is 0.148 e. The third kappa shape index (κ3) is 0.996. The first-order valence-corrected chi connectivity index (χ1v) is 1.62. The van der Waals surface area contributed by atoms with Crippen LogP contribution in [0.4, 0.5) is 0 Å². The van der Waals surface area contributed by atoms with Gasteiger partial charge in [0.1, 0.15) is 5.78 Å². The van der Waals surface area contributed by atoms with Gasteiger partial charge in [-0.3, -0.25) is 9.69 Å². The highest BCUT2D eigenvalue weighted by atomic mass is 16.1. The van der Waals surface area contributed by atoms with E-state index >= 15 is 0 Å². The molecule has 0 aromatic carbocycles. The third-order valence-corrected chi connectivity index (χ3v) is 0.495. The van der Waals surface area contributed by atoms with Crippen molar-refractivity contribution >= 4 is 5.78 Å². The molecule has 0 aromatic rings. The molecule has 0 saturated carbocycles. The van der Waals surface area contributed by atoms with E-state index in [0.29, 0.717) is 0 Å². The molecule has 0 spiro atoms. The van der Waals surface area contributed by atoms with E-state index in [2.05, 4.69) is 0 Å². The van der Waals surface area contributed by atoms with Crippen molar-refractivity contribution in [3.05, 3.63) is 0 Å². The van der Waals surface area contributed by atoms with Crippen molar-refractivity contribution < 1.29 is 17.1 Å². The average molecular weight is 108 g/mol. The molecule has 0 bridgehead atoms. The third-order valence-electron chi connectivity index (χ3n) is 0.495. The van der Waals surface area contributed by atoms with E-state index in [4.69, 9.17) is 12.3 Å². The number of carbonyl (C=O) groups excluding carboxylic acids is 1. The Morgan fingerprint density at radius 1 is 2.14 bits per heavy atom. The zero-order valence-corrected chi connectivity index (χ0v) is 3.36. The summed E-state index contributed by atoms with van der Waals surface area (Å²) in [5.74, 6) is -1.72. The molecule has 1 aliphatic heterocycles. The summed E-state index contributed by atoms with van der Waals surface area (Å²) in [6, 6.07) is 0. The molecule has 1 fully saturated rings. The van der Waals surface area contributed by atoms with E-state index in [9.17, 15) is 4.79 Å². The molecule has 2 heteroatoms. The van der Waals surface area contributed by atoms with Crippen LogP contribution in [0.5, 0.6) is 0 Å². The number of hydrogen-bond donors (Lipinski definition) is 0. The Balaban J connectivity index is 3.45. The average Bonchev–Trinajstić information content (AvgIpc) is 2.05. The van der Waals surface area contributed by atoms with Gasteiger partial charge in [0, 0.05) is 22.5 Å². The number of Topliss-reactive ketones (excluding diaryl/α,β-unsaturated/α-hetero) is 1. The SMILES string of the molecule is [2H]C([2H])([2H])N1C([2H])([2H])C(=O)C([2H])([2H])C1([2H])[2H]. The van der Waals surface area contributed by atoms with Gasteiger partial charge in [-0.05, 0) is 6.98 Å². The van der Waals surface area contributed by atoms with E-state index < -0.39 is 32.1 Å². The lowest BCUT2D eigenvalue weighted by molar-refractivity contribution is -0.116. The highest BCUT2D eigenvalue weighted by Crippen LogP contribution is 1.98. The lowest BCUT2D eigenvalue weighted by atomic mass is 10.4. The van der Waals surface area contributed by atoms with Crippen molar-refractivity contribution in [3.8, 4) is 0 Å². The Hall–Kier alpha value is -0.370. The van der Waals surface area contributed by atoms with Crippen LogP contribution < -0.4 is 0 Å². The minimum atomic E-state index is -3.24. The number of nitrogens with zero attached hydrogens (tertiary/aromatic N) is 1. The Labute approximate surface area is 55.8 Å². The minimum absolute atomic E-state index is 0.338. The Kier molecular flexibility index (Phi) is 0.199. The van der Waals surface area contributed by atoms with Gasteiger partial charge in [-0.25, -0.2) is 0 Å². The molecular formula is C5H9NO. The monoisotopic (exact) mass is 108 g/mol. The molecule has 1 heterocycles. The van der Waals surface area contributed by atoms with Gasteiger partial charge in [-0.15, -0.1) is 0 Å². The minimum Gasteiger partial charge on any atom is -0.299 e. The first-order valence-electron chi connectivity index (χ1n) is 6.12. The van der Waals surface area contributed by atoms with E-state index in [1.54, 1.807) is 0 Å². The van der Waals surface area contributed by atoms with Crippen molar-refractivity contribution in [3.63, 3.8) is 0 Å². The van der Waals surface area contributed by atoms with Gasteiger partial charge in [0.15, 0.2) is 0 Å². The predicted octanol–water partition coefficient (Wildman–Crippen LogP) is -0.109. The van der Waals surface area contributed by atoms with Crippen LogP contribution in [0.1, 0.15) is 18.7 Å². The molecule has 1 saturated heterocycles. The number of hydrogen-bond acceptors (Lipinski definition) is 2. The van der Waals surface area contributed by atoms with Crippen molar-refractivity contribution in [1.82, 2.24) is 4.90 Å². The second-order valence-electron chi connectivity index (χ2n) is 1.01. The Morgan fingerprint density at radius 3 is 3.29 bits per heavy atom. The fraction of sp³-hybridized carbons (Fsp3) is 0.800. The molecule has 0 aliphatic carbocycles. The summed E-state index contributed by atoms with van der Waals surface area (Å²) < 4.78 is 64.3. The molecule has 0 unspecified atom stereocenters. The van der Waals surface area contributed by atoms with Crippen molar-refractivity contribution in [2.24, 2.45) is 0 Å². The van der Waals surface area contributed by atoms with E-state index in [-0.39, 0.29) is 4.90 Å². The van der Waals surface area contributed by atoms with Gasteiger partial charge in [-0.1, -0.05) is 0 Å². The first-order chi connectivity index (χ1) is 6.77. The molecule has 2 nitrogen and oxygen atoms in total. The molecule has 0 radical (unpaired) electrons. The molecule has 0 N–H and O–H groups in total. The predicted molar refractivity (Wildman–Crippen MR) is 27.1 cm³/mol. The Bertz CT molecular complexity index is 331. The summed E-state index contributed by atoms with van der Waals surface area (Å²) in [6.45, 7) is -9.66. The highest BCUT2D eigenvalue weighted by molar-refractivity contribution is 5.82. The first kappa shape index (κ1) is 0.860. The standard InChI is InChI=1S/C5H9NO/c1-6-3-2-5(7)4-6/h2-4H2,1H3/i1D3,2D2,3D2,4D2. The molecule has 7 heavy (non-hydrogen) atoms. The number of rotatable bonds is 0. The van der Waals surface area contributed by atoms with Crippen LogP contribution in [-0.4, -0.2) is 30.7 Å². The topological polar surface area (TPSA) is 20.3 Å².